The van der Waals surface area contributed by atoms with Gasteiger partial charge in [-0.25, -0.2) is 4.98 Å². The summed E-state index contributed by atoms with van der Waals surface area (Å²) >= 11 is 9.16. The molecule has 0 aliphatic heterocycles. The lowest BCUT2D eigenvalue weighted by Crippen LogP contribution is -2.31. The number of carbonyl (C=O) groups excluding carboxylic acids is 1. The Hall–Kier alpha value is -0.810. The molecule has 14 heavy (non-hydrogen) atoms. The van der Waals surface area contributed by atoms with Gasteiger partial charge in [0.25, 0.3) is 0 Å². The number of pyridine rings is 1. The quantitative estimate of drug-likeness (QED) is 0.909. The Bertz CT molecular complexity index is 358. The van der Waals surface area contributed by atoms with Crippen molar-refractivity contribution in [2.24, 2.45) is 5.73 Å². The molecule has 1 rings (SSSR count). The summed E-state index contributed by atoms with van der Waals surface area (Å²) in [5.74, 6) is 0.113. The normalized spacial score (nSPS) is 9.93. The minimum absolute atomic E-state index is 0.0916. The molecule has 76 valence electrons. The lowest BCUT2D eigenvalue weighted by molar-refractivity contribution is -0.116. The van der Waals surface area contributed by atoms with Gasteiger partial charge in [0, 0.05) is 17.7 Å². The highest BCUT2D eigenvalue weighted by Crippen LogP contribution is 2.24. The Balaban J connectivity index is 2.90. The van der Waals surface area contributed by atoms with Gasteiger partial charge < -0.3 is 10.6 Å². The molecule has 0 aliphatic carbocycles. The highest BCUT2D eigenvalue weighted by Gasteiger charge is 2.09. The van der Waals surface area contributed by atoms with Crippen LogP contribution in [0.5, 0.6) is 0 Å². The number of anilines is 1. The van der Waals surface area contributed by atoms with Crippen molar-refractivity contribution in [1.29, 1.82) is 0 Å². The highest BCUT2D eigenvalue weighted by molar-refractivity contribution is 9.10. The Morgan fingerprint density at radius 3 is 2.93 bits per heavy atom. The van der Waals surface area contributed by atoms with E-state index in [1.807, 2.05) is 0 Å². The summed E-state index contributed by atoms with van der Waals surface area (Å²) in [6.07, 6.45) is 1.61. The molecule has 1 heterocycles. The van der Waals surface area contributed by atoms with Crippen molar-refractivity contribution in [3.63, 3.8) is 0 Å². The number of likely N-dealkylation sites (N-methyl/N-ethyl adjacent to an activating group) is 1. The van der Waals surface area contributed by atoms with Crippen molar-refractivity contribution in [3.8, 4) is 0 Å². The molecule has 0 saturated carbocycles. The summed E-state index contributed by atoms with van der Waals surface area (Å²) in [7, 11) is 1.70. The lowest BCUT2D eigenvalue weighted by Gasteiger charge is -2.17. The van der Waals surface area contributed by atoms with Crippen molar-refractivity contribution < 1.29 is 4.79 Å². The van der Waals surface area contributed by atoms with E-state index in [4.69, 9.17) is 17.3 Å². The summed E-state index contributed by atoms with van der Waals surface area (Å²) in [5, 5.41) is 0.475. The Labute approximate surface area is 95.2 Å². The van der Waals surface area contributed by atoms with Crippen LogP contribution < -0.4 is 10.6 Å². The van der Waals surface area contributed by atoms with Crippen LogP contribution in [0.3, 0.4) is 0 Å². The van der Waals surface area contributed by atoms with Gasteiger partial charge in [-0.15, -0.1) is 0 Å². The number of carbonyl (C=O) groups is 1. The first-order chi connectivity index (χ1) is 6.50. The molecule has 0 fully saturated rings. The van der Waals surface area contributed by atoms with Crippen molar-refractivity contribution >= 4 is 39.3 Å². The van der Waals surface area contributed by atoms with Crippen molar-refractivity contribution in [3.05, 3.63) is 21.8 Å². The maximum Gasteiger partial charge on any atom is 0.236 e. The molecule has 0 saturated heterocycles. The first kappa shape index (κ1) is 11.3. The molecule has 2 N–H and O–H groups in total. The monoisotopic (exact) mass is 277 g/mol. The van der Waals surface area contributed by atoms with Gasteiger partial charge in [-0.05, 0) is 22.0 Å². The Kier molecular flexibility index (Phi) is 3.71. The summed E-state index contributed by atoms with van der Waals surface area (Å²) in [6, 6.07) is 1.71. The molecule has 0 aromatic carbocycles. The van der Waals surface area contributed by atoms with Crippen LogP contribution in [0.15, 0.2) is 16.7 Å². The van der Waals surface area contributed by atoms with Gasteiger partial charge in [-0.1, -0.05) is 11.6 Å². The van der Waals surface area contributed by atoms with Crippen molar-refractivity contribution in [2.75, 3.05) is 18.5 Å². The zero-order chi connectivity index (χ0) is 10.7. The van der Waals surface area contributed by atoms with Crippen LogP contribution in [-0.2, 0) is 4.79 Å². The van der Waals surface area contributed by atoms with E-state index in [1.54, 1.807) is 24.2 Å². The second-order valence-electron chi connectivity index (χ2n) is 2.78. The molecule has 0 spiro atoms. The van der Waals surface area contributed by atoms with Gasteiger partial charge in [-0.2, -0.15) is 0 Å². The van der Waals surface area contributed by atoms with Gasteiger partial charge in [0.15, 0.2) is 0 Å². The first-order valence-corrected chi connectivity index (χ1v) is 4.98. The Morgan fingerprint density at radius 1 is 1.79 bits per heavy atom. The number of nitrogens with zero attached hydrogens (tertiary/aromatic N) is 2. The molecular weight excluding hydrogens is 269 g/mol. The van der Waals surface area contributed by atoms with E-state index in [1.165, 1.54) is 0 Å². The molecular formula is C8H9BrClN3O. The fourth-order valence-corrected chi connectivity index (χ4v) is 1.77. The number of nitrogens with two attached hydrogens (primary N) is 1. The van der Waals surface area contributed by atoms with Crippen molar-refractivity contribution in [1.82, 2.24) is 4.98 Å². The molecule has 1 amide bonds. The first-order valence-electron chi connectivity index (χ1n) is 3.81. The van der Waals surface area contributed by atoms with Crippen LogP contribution in [0.2, 0.25) is 5.02 Å². The summed E-state index contributed by atoms with van der Waals surface area (Å²) in [5.41, 5.74) is 5.05. The minimum atomic E-state index is -0.423. The van der Waals surface area contributed by atoms with Crippen LogP contribution in [0.4, 0.5) is 5.82 Å². The molecule has 0 bridgehead atoms. The van der Waals surface area contributed by atoms with Crippen LogP contribution in [-0.4, -0.2) is 24.5 Å². The number of amides is 1. The average molecular weight is 279 g/mol. The van der Waals surface area contributed by atoms with Crippen LogP contribution >= 0.6 is 27.5 Å². The molecule has 6 heteroatoms. The molecule has 0 unspecified atom stereocenters. The van der Waals surface area contributed by atoms with E-state index in [9.17, 15) is 4.79 Å². The average Bonchev–Trinajstić information content (AvgIpc) is 2.01. The molecule has 4 nitrogen and oxygen atoms in total. The second-order valence-corrected chi connectivity index (χ2v) is 4.10. The molecule has 0 aliphatic rings. The zero-order valence-corrected chi connectivity index (χ0v) is 9.84. The third-order valence-corrected chi connectivity index (χ3v) is 2.25. The third-order valence-electron chi connectivity index (χ3n) is 1.54. The van der Waals surface area contributed by atoms with Crippen LogP contribution in [0.25, 0.3) is 0 Å². The molecule has 0 atom stereocenters. The molecule has 1 aromatic heterocycles. The number of rotatable bonds is 3. The Morgan fingerprint density at radius 2 is 2.43 bits per heavy atom. The highest BCUT2D eigenvalue weighted by atomic mass is 79.9. The van der Waals surface area contributed by atoms with Gasteiger partial charge in [0.05, 0.1) is 11.6 Å². The number of aromatic nitrogens is 1. The fourth-order valence-electron chi connectivity index (χ4n) is 0.997. The van der Waals surface area contributed by atoms with E-state index in [0.29, 0.717) is 10.8 Å². The topological polar surface area (TPSA) is 59.2 Å². The summed E-state index contributed by atoms with van der Waals surface area (Å²) in [4.78, 5) is 16.3. The second kappa shape index (κ2) is 4.61. The summed E-state index contributed by atoms with van der Waals surface area (Å²) in [6.45, 7) is 0.0916. The fraction of sp³-hybridized carbons (Fsp3) is 0.250. The number of primary amides is 1. The maximum absolute atomic E-state index is 10.7. The maximum atomic E-state index is 10.7. The standard InChI is InChI=1S/C8H9BrClN3O/c1-13(4-7(11)14)8-6(10)2-5(9)3-12-8/h2-3H,4H2,1H3,(H2,11,14). The minimum Gasteiger partial charge on any atom is -0.368 e. The van der Waals surface area contributed by atoms with Gasteiger partial charge in [-0.3, -0.25) is 4.79 Å². The van der Waals surface area contributed by atoms with Gasteiger partial charge in [0.2, 0.25) is 5.91 Å². The van der Waals surface area contributed by atoms with Gasteiger partial charge in [0.1, 0.15) is 5.82 Å². The van der Waals surface area contributed by atoms with Crippen molar-refractivity contribution in [2.45, 2.75) is 0 Å². The van der Waals surface area contributed by atoms with Gasteiger partial charge >= 0.3 is 0 Å². The van der Waals surface area contributed by atoms with E-state index >= 15 is 0 Å². The largest absolute Gasteiger partial charge is 0.368 e. The molecule has 1 aromatic rings. The third kappa shape index (κ3) is 2.85. The zero-order valence-electron chi connectivity index (χ0n) is 7.50. The predicted molar refractivity (Wildman–Crippen MR) is 59.4 cm³/mol. The summed E-state index contributed by atoms with van der Waals surface area (Å²) < 4.78 is 0.790. The van der Waals surface area contributed by atoms with E-state index in [2.05, 4.69) is 20.9 Å². The van der Waals surface area contributed by atoms with E-state index in [0.717, 1.165) is 4.47 Å². The van der Waals surface area contributed by atoms with E-state index in [-0.39, 0.29) is 6.54 Å². The predicted octanol–water partition coefficient (Wildman–Crippen LogP) is 1.42. The van der Waals surface area contributed by atoms with E-state index < -0.39 is 5.91 Å². The van der Waals surface area contributed by atoms with Crippen LogP contribution in [0.1, 0.15) is 0 Å². The molecule has 0 radical (unpaired) electrons. The smallest absolute Gasteiger partial charge is 0.236 e. The lowest BCUT2D eigenvalue weighted by atomic mass is 10.4. The number of hydrogen-bond donors (Lipinski definition) is 1. The number of halogens is 2. The van der Waals surface area contributed by atoms with Crippen LogP contribution in [0, 0.1) is 0 Å². The SMILES string of the molecule is CN(CC(N)=O)c1ncc(Br)cc1Cl. The number of hydrogen-bond acceptors (Lipinski definition) is 3.